The third kappa shape index (κ3) is 4.86. The third-order valence-corrected chi connectivity index (χ3v) is 6.73. The van der Waals surface area contributed by atoms with Gasteiger partial charge < -0.3 is 14.5 Å². The van der Waals surface area contributed by atoms with E-state index >= 15 is 0 Å². The number of aromatic nitrogens is 6. The zero-order chi connectivity index (χ0) is 26.8. The SMILES string of the molecule is C=C(C)C(=O)N1CCN(c2ccc(-c3cc(-c4cn(CC(C)OC)nn4)cn4ncc(C#N)c34)cn2)CC1. The Morgan fingerprint density at radius 1 is 1.18 bits per heavy atom. The molecule has 1 atom stereocenters. The van der Waals surface area contributed by atoms with Gasteiger partial charge in [-0.2, -0.15) is 10.4 Å². The highest BCUT2D eigenvalue weighted by atomic mass is 16.5. The lowest BCUT2D eigenvalue weighted by Gasteiger charge is -2.35. The largest absolute Gasteiger partial charge is 0.380 e. The molecule has 5 rings (SSSR count). The highest BCUT2D eigenvalue weighted by Gasteiger charge is 2.22. The van der Waals surface area contributed by atoms with Crippen molar-refractivity contribution < 1.29 is 9.53 Å². The lowest BCUT2D eigenvalue weighted by molar-refractivity contribution is -0.127. The maximum absolute atomic E-state index is 12.2. The van der Waals surface area contributed by atoms with Gasteiger partial charge in [0.2, 0.25) is 5.91 Å². The van der Waals surface area contributed by atoms with Crippen LogP contribution in [0.1, 0.15) is 19.4 Å². The number of amides is 1. The van der Waals surface area contributed by atoms with Crippen molar-refractivity contribution >= 4 is 17.2 Å². The van der Waals surface area contributed by atoms with Crippen LogP contribution in [0.3, 0.4) is 0 Å². The van der Waals surface area contributed by atoms with Gasteiger partial charge in [0, 0.05) is 67.9 Å². The van der Waals surface area contributed by atoms with Crippen LogP contribution >= 0.6 is 0 Å². The minimum absolute atomic E-state index is 0.000739. The number of carbonyl (C=O) groups is 1. The number of hydrogen-bond donors (Lipinski definition) is 0. The van der Waals surface area contributed by atoms with E-state index in [1.165, 1.54) is 0 Å². The van der Waals surface area contributed by atoms with Crippen LogP contribution in [0, 0.1) is 11.3 Å². The van der Waals surface area contributed by atoms with Crippen molar-refractivity contribution in [2.24, 2.45) is 0 Å². The van der Waals surface area contributed by atoms with Gasteiger partial charge in [-0.3, -0.25) is 4.79 Å². The molecule has 1 fully saturated rings. The average molecular weight is 512 g/mol. The van der Waals surface area contributed by atoms with Gasteiger partial charge in [0.1, 0.15) is 17.6 Å². The molecule has 0 spiro atoms. The number of piperazine rings is 1. The number of methoxy groups -OCH3 is 1. The molecular weight excluding hydrogens is 482 g/mol. The second kappa shape index (κ2) is 10.4. The molecular formula is C27H29N9O2. The molecule has 0 radical (unpaired) electrons. The molecule has 0 saturated carbocycles. The van der Waals surface area contributed by atoms with E-state index in [-0.39, 0.29) is 12.0 Å². The highest BCUT2D eigenvalue weighted by Crippen LogP contribution is 2.32. The number of pyridine rings is 2. The van der Waals surface area contributed by atoms with Crippen molar-refractivity contribution in [1.82, 2.24) is 34.5 Å². The third-order valence-electron chi connectivity index (χ3n) is 6.73. The molecule has 0 aliphatic carbocycles. The molecule has 11 nitrogen and oxygen atoms in total. The Balaban J connectivity index is 1.44. The molecule has 1 saturated heterocycles. The molecule has 1 aliphatic rings. The summed E-state index contributed by atoms with van der Waals surface area (Å²) in [5.74, 6) is 0.840. The first-order chi connectivity index (χ1) is 18.4. The van der Waals surface area contributed by atoms with Crippen molar-refractivity contribution in [3.63, 3.8) is 0 Å². The van der Waals surface area contributed by atoms with Gasteiger partial charge in [0.25, 0.3) is 0 Å². The van der Waals surface area contributed by atoms with E-state index < -0.39 is 0 Å². The number of anilines is 1. The van der Waals surface area contributed by atoms with Crippen LogP contribution in [0.15, 0.2) is 55.1 Å². The van der Waals surface area contributed by atoms with Crippen LogP contribution < -0.4 is 4.90 Å². The summed E-state index contributed by atoms with van der Waals surface area (Å²) in [5.41, 5.74) is 4.93. The van der Waals surface area contributed by atoms with Crippen molar-refractivity contribution in [3.8, 4) is 28.5 Å². The van der Waals surface area contributed by atoms with Gasteiger partial charge in [0.05, 0.1) is 36.1 Å². The summed E-state index contributed by atoms with van der Waals surface area (Å²) >= 11 is 0. The molecule has 4 aromatic rings. The first-order valence-electron chi connectivity index (χ1n) is 12.4. The fraction of sp³-hybridized carbons (Fsp3) is 0.333. The van der Waals surface area contributed by atoms with E-state index in [4.69, 9.17) is 9.72 Å². The van der Waals surface area contributed by atoms with Crippen molar-refractivity contribution in [3.05, 3.63) is 60.7 Å². The maximum atomic E-state index is 12.2. The normalized spacial score (nSPS) is 14.5. The molecule has 0 aromatic carbocycles. The van der Waals surface area contributed by atoms with E-state index in [1.807, 2.05) is 48.6 Å². The highest BCUT2D eigenvalue weighted by molar-refractivity contribution is 5.92. The Morgan fingerprint density at radius 3 is 2.63 bits per heavy atom. The predicted molar refractivity (Wildman–Crippen MR) is 142 cm³/mol. The zero-order valence-electron chi connectivity index (χ0n) is 21.7. The van der Waals surface area contributed by atoms with Gasteiger partial charge >= 0.3 is 0 Å². The fourth-order valence-electron chi connectivity index (χ4n) is 4.56. The number of carbonyl (C=O) groups excluding carboxylic acids is 1. The standard InChI is InChI=1S/C27H29N9O2/c1-18(2)27(37)34-9-7-33(8-10-34)25-6-5-20(13-29-25)23-11-21(16-36-26(23)22(12-28)14-30-36)24-17-35(32-31-24)15-19(3)38-4/h5-6,11,13-14,16-17,19H,1,7-10,15H2,2-4H3. The lowest BCUT2D eigenvalue weighted by Crippen LogP contribution is -2.49. The summed E-state index contributed by atoms with van der Waals surface area (Å²) in [4.78, 5) is 20.9. The summed E-state index contributed by atoms with van der Waals surface area (Å²) in [7, 11) is 1.66. The van der Waals surface area contributed by atoms with Crippen LogP contribution in [0.2, 0.25) is 0 Å². The summed E-state index contributed by atoms with van der Waals surface area (Å²) in [6.45, 7) is 10.7. The smallest absolute Gasteiger partial charge is 0.249 e. The Morgan fingerprint density at radius 2 is 1.97 bits per heavy atom. The van der Waals surface area contributed by atoms with Crippen LogP contribution in [-0.2, 0) is 16.1 Å². The van der Waals surface area contributed by atoms with E-state index in [0.29, 0.717) is 55.1 Å². The number of nitriles is 1. The Kier molecular flexibility index (Phi) is 6.89. The molecule has 38 heavy (non-hydrogen) atoms. The summed E-state index contributed by atoms with van der Waals surface area (Å²) < 4.78 is 8.78. The molecule has 1 amide bonds. The second-order valence-corrected chi connectivity index (χ2v) is 9.44. The second-order valence-electron chi connectivity index (χ2n) is 9.44. The predicted octanol–water partition coefficient (Wildman–Crippen LogP) is 2.79. The van der Waals surface area contributed by atoms with E-state index in [2.05, 4.69) is 33.0 Å². The van der Waals surface area contributed by atoms with E-state index in [1.54, 1.807) is 29.4 Å². The van der Waals surface area contributed by atoms with E-state index in [9.17, 15) is 10.1 Å². The maximum Gasteiger partial charge on any atom is 0.249 e. The Labute approximate surface area is 220 Å². The van der Waals surface area contributed by atoms with Crippen molar-refractivity contribution in [2.75, 3.05) is 38.2 Å². The quantitative estimate of drug-likeness (QED) is 0.348. The number of ether oxygens (including phenoxy) is 1. The van der Waals surface area contributed by atoms with Gasteiger partial charge in [-0.15, -0.1) is 5.10 Å². The molecule has 5 heterocycles. The fourth-order valence-corrected chi connectivity index (χ4v) is 4.56. The van der Waals surface area contributed by atoms with Gasteiger partial charge in [-0.05, 0) is 32.0 Å². The Bertz CT molecular complexity index is 1520. The van der Waals surface area contributed by atoms with Gasteiger partial charge in [-0.25, -0.2) is 14.2 Å². The first kappa shape index (κ1) is 25.1. The monoisotopic (exact) mass is 511 g/mol. The van der Waals surface area contributed by atoms with Crippen molar-refractivity contribution in [1.29, 1.82) is 5.26 Å². The van der Waals surface area contributed by atoms with Gasteiger partial charge in [-0.1, -0.05) is 11.8 Å². The number of nitrogens with zero attached hydrogens (tertiary/aromatic N) is 9. The summed E-state index contributed by atoms with van der Waals surface area (Å²) in [6.07, 6.45) is 7.10. The molecule has 194 valence electrons. The number of hydrogen-bond acceptors (Lipinski definition) is 8. The minimum atomic E-state index is -0.000739. The van der Waals surface area contributed by atoms with Gasteiger partial charge in [0.15, 0.2) is 0 Å². The lowest BCUT2D eigenvalue weighted by atomic mass is 10.0. The molecule has 1 aliphatic heterocycles. The van der Waals surface area contributed by atoms with Crippen LogP contribution in [0.25, 0.3) is 27.9 Å². The summed E-state index contributed by atoms with van der Waals surface area (Å²) in [6, 6.07) is 8.20. The summed E-state index contributed by atoms with van der Waals surface area (Å²) in [5, 5.41) is 22.7. The number of rotatable bonds is 7. The molecule has 11 heteroatoms. The van der Waals surface area contributed by atoms with Crippen LogP contribution in [-0.4, -0.2) is 79.8 Å². The zero-order valence-corrected chi connectivity index (χ0v) is 21.7. The average Bonchev–Trinajstić information content (AvgIpc) is 3.59. The molecule has 0 bridgehead atoms. The van der Waals surface area contributed by atoms with Crippen LogP contribution in [0.5, 0.6) is 0 Å². The topological polar surface area (TPSA) is 117 Å². The minimum Gasteiger partial charge on any atom is -0.380 e. The number of fused-ring (bicyclic) bond motifs is 1. The first-order valence-corrected chi connectivity index (χ1v) is 12.4. The molecule has 1 unspecified atom stereocenters. The molecule has 0 N–H and O–H groups in total. The van der Waals surface area contributed by atoms with Crippen LogP contribution in [0.4, 0.5) is 5.82 Å². The molecule has 4 aromatic heterocycles. The Hall–Kier alpha value is -4.56. The van der Waals surface area contributed by atoms with Crippen molar-refractivity contribution in [2.45, 2.75) is 26.5 Å². The van der Waals surface area contributed by atoms with E-state index in [0.717, 1.165) is 22.5 Å².